The molecule has 1 aromatic carbocycles. The molecule has 2 heterocycles. The molecule has 0 saturated heterocycles. The standard InChI is InChI=1S/C15H19N3O2/c1-10(8-16)15-17-9-12(18-15)11-3-4-13-14(7-11)20-6-2-5-19-13/h3-4,7,9-10H,2,5-6,8,16H2,1H3,(H,17,18). The number of benzene rings is 1. The Labute approximate surface area is 118 Å². The number of aromatic amines is 1. The van der Waals surface area contributed by atoms with Crippen molar-refractivity contribution in [2.45, 2.75) is 19.3 Å². The molecule has 1 aliphatic rings. The van der Waals surface area contributed by atoms with Crippen molar-refractivity contribution < 1.29 is 9.47 Å². The van der Waals surface area contributed by atoms with Crippen LogP contribution in [0.15, 0.2) is 24.4 Å². The third-order valence-electron chi connectivity index (χ3n) is 3.47. The van der Waals surface area contributed by atoms with Gasteiger partial charge in [0, 0.05) is 24.4 Å². The fraction of sp³-hybridized carbons (Fsp3) is 0.400. The normalized spacial score (nSPS) is 15.7. The van der Waals surface area contributed by atoms with Gasteiger partial charge in [0.05, 0.1) is 25.1 Å². The second-order valence-electron chi connectivity index (χ2n) is 5.03. The Morgan fingerprint density at radius 3 is 2.90 bits per heavy atom. The molecule has 3 N–H and O–H groups in total. The van der Waals surface area contributed by atoms with Crippen LogP contribution in [0.1, 0.15) is 25.1 Å². The van der Waals surface area contributed by atoms with Gasteiger partial charge in [-0.25, -0.2) is 4.98 Å². The summed E-state index contributed by atoms with van der Waals surface area (Å²) in [6.07, 6.45) is 2.74. The molecule has 1 atom stereocenters. The fourth-order valence-electron chi connectivity index (χ4n) is 2.18. The van der Waals surface area contributed by atoms with Gasteiger partial charge in [0.1, 0.15) is 5.82 Å². The van der Waals surface area contributed by atoms with Gasteiger partial charge in [-0.15, -0.1) is 0 Å². The second kappa shape index (κ2) is 5.54. The molecule has 0 aliphatic carbocycles. The lowest BCUT2D eigenvalue weighted by Crippen LogP contribution is -2.10. The molecule has 0 bridgehead atoms. The first-order chi connectivity index (χ1) is 9.78. The number of nitrogens with zero attached hydrogens (tertiary/aromatic N) is 1. The molecule has 0 radical (unpaired) electrons. The van der Waals surface area contributed by atoms with Crippen LogP contribution in [0.2, 0.25) is 0 Å². The minimum absolute atomic E-state index is 0.226. The van der Waals surface area contributed by atoms with Gasteiger partial charge in [0.15, 0.2) is 11.5 Å². The number of H-pyrrole nitrogens is 1. The predicted molar refractivity (Wildman–Crippen MR) is 77.1 cm³/mol. The minimum Gasteiger partial charge on any atom is -0.490 e. The highest BCUT2D eigenvalue weighted by Gasteiger charge is 2.13. The summed E-state index contributed by atoms with van der Waals surface area (Å²) in [5.41, 5.74) is 7.67. The van der Waals surface area contributed by atoms with E-state index in [2.05, 4.69) is 16.9 Å². The van der Waals surface area contributed by atoms with E-state index in [9.17, 15) is 0 Å². The molecule has 5 heteroatoms. The zero-order valence-corrected chi connectivity index (χ0v) is 11.6. The Morgan fingerprint density at radius 2 is 2.10 bits per heavy atom. The van der Waals surface area contributed by atoms with Crippen molar-refractivity contribution in [3.63, 3.8) is 0 Å². The number of rotatable bonds is 3. The van der Waals surface area contributed by atoms with Crippen molar-refractivity contribution in [3.05, 3.63) is 30.2 Å². The van der Waals surface area contributed by atoms with Crippen LogP contribution in [0.25, 0.3) is 11.3 Å². The van der Waals surface area contributed by atoms with Crippen molar-refractivity contribution in [3.8, 4) is 22.8 Å². The first kappa shape index (κ1) is 13.0. The molecular formula is C15H19N3O2. The Bertz CT molecular complexity index is 595. The zero-order chi connectivity index (χ0) is 13.9. The number of nitrogens with two attached hydrogens (primary N) is 1. The molecule has 1 aromatic heterocycles. The third-order valence-corrected chi connectivity index (χ3v) is 3.47. The van der Waals surface area contributed by atoms with Gasteiger partial charge in [-0.05, 0) is 18.2 Å². The van der Waals surface area contributed by atoms with Gasteiger partial charge in [-0.2, -0.15) is 0 Å². The summed E-state index contributed by atoms with van der Waals surface area (Å²) in [5.74, 6) is 2.74. The van der Waals surface area contributed by atoms with Crippen molar-refractivity contribution in [1.29, 1.82) is 0 Å². The van der Waals surface area contributed by atoms with Gasteiger partial charge in [-0.1, -0.05) is 6.92 Å². The van der Waals surface area contributed by atoms with Gasteiger partial charge >= 0.3 is 0 Å². The summed E-state index contributed by atoms with van der Waals surface area (Å²) in [6, 6.07) is 5.95. The summed E-state index contributed by atoms with van der Waals surface area (Å²) < 4.78 is 11.3. The van der Waals surface area contributed by atoms with Crippen molar-refractivity contribution in [1.82, 2.24) is 9.97 Å². The monoisotopic (exact) mass is 273 g/mol. The summed E-state index contributed by atoms with van der Waals surface area (Å²) in [4.78, 5) is 7.70. The second-order valence-corrected chi connectivity index (χ2v) is 5.03. The maximum absolute atomic E-state index is 5.71. The quantitative estimate of drug-likeness (QED) is 0.900. The van der Waals surface area contributed by atoms with E-state index in [0.717, 1.165) is 35.0 Å². The van der Waals surface area contributed by atoms with Gasteiger partial charge in [0.2, 0.25) is 0 Å². The Morgan fingerprint density at radius 1 is 1.30 bits per heavy atom. The maximum Gasteiger partial charge on any atom is 0.161 e. The number of nitrogens with one attached hydrogen (secondary N) is 1. The lowest BCUT2D eigenvalue weighted by atomic mass is 10.1. The summed E-state index contributed by atoms with van der Waals surface area (Å²) in [6.45, 7) is 4.02. The number of aromatic nitrogens is 2. The summed E-state index contributed by atoms with van der Waals surface area (Å²) in [5, 5.41) is 0. The summed E-state index contributed by atoms with van der Waals surface area (Å²) in [7, 11) is 0. The van der Waals surface area contributed by atoms with Crippen LogP contribution in [0, 0.1) is 0 Å². The Kier molecular flexibility index (Phi) is 3.60. The van der Waals surface area contributed by atoms with E-state index in [1.165, 1.54) is 0 Å². The molecule has 0 fully saturated rings. The number of hydrogen-bond acceptors (Lipinski definition) is 4. The molecule has 2 aromatic rings. The van der Waals surface area contributed by atoms with E-state index in [-0.39, 0.29) is 5.92 Å². The molecule has 5 nitrogen and oxygen atoms in total. The average molecular weight is 273 g/mol. The van der Waals surface area contributed by atoms with E-state index < -0.39 is 0 Å². The minimum atomic E-state index is 0.226. The Balaban J connectivity index is 1.90. The third kappa shape index (κ3) is 2.49. The molecule has 1 unspecified atom stereocenters. The van der Waals surface area contributed by atoms with Crippen molar-refractivity contribution in [2.75, 3.05) is 19.8 Å². The van der Waals surface area contributed by atoms with Crippen molar-refractivity contribution in [2.24, 2.45) is 5.73 Å². The van der Waals surface area contributed by atoms with E-state index in [1.54, 1.807) is 0 Å². The molecule has 0 spiro atoms. The average Bonchev–Trinajstić information content (AvgIpc) is 2.85. The molecule has 0 amide bonds. The van der Waals surface area contributed by atoms with E-state index in [1.807, 2.05) is 24.4 Å². The smallest absolute Gasteiger partial charge is 0.161 e. The van der Waals surface area contributed by atoms with E-state index >= 15 is 0 Å². The SMILES string of the molecule is CC(CN)c1ncc(-c2ccc3c(c2)OCCCO3)[nH]1. The highest BCUT2D eigenvalue weighted by Crippen LogP contribution is 2.33. The van der Waals surface area contributed by atoms with Crippen LogP contribution in [-0.2, 0) is 0 Å². The lowest BCUT2D eigenvalue weighted by molar-refractivity contribution is 0.297. The fourth-order valence-corrected chi connectivity index (χ4v) is 2.18. The molecule has 20 heavy (non-hydrogen) atoms. The van der Waals surface area contributed by atoms with Gasteiger partial charge < -0.3 is 20.2 Å². The van der Waals surface area contributed by atoms with Crippen LogP contribution < -0.4 is 15.2 Å². The Hall–Kier alpha value is -2.01. The highest BCUT2D eigenvalue weighted by atomic mass is 16.5. The first-order valence-electron chi connectivity index (χ1n) is 6.93. The van der Waals surface area contributed by atoms with Crippen LogP contribution in [0.4, 0.5) is 0 Å². The number of fused-ring (bicyclic) bond motifs is 1. The zero-order valence-electron chi connectivity index (χ0n) is 11.6. The van der Waals surface area contributed by atoms with E-state index in [4.69, 9.17) is 15.2 Å². The van der Waals surface area contributed by atoms with Gasteiger partial charge in [-0.3, -0.25) is 0 Å². The number of imidazole rings is 1. The topological polar surface area (TPSA) is 73.2 Å². The molecule has 1 aliphatic heterocycles. The first-order valence-corrected chi connectivity index (χ1v) is 6.93. The maximum atomic E-state index is 5.71. The van der Waals surface area contributed by atoms with Gasteiger partial charge in [0.25, 0.3) is 0 Å². The molecule has 0 saturated carbocycles. The highest BCUT2D eigenvalue weighted by molar-refractivity contribution is 5.63. The molecular weight excluding hydrogens is 254 g/mol. The summed E-state index contributed by atoms with van der Waals surface area (Å²) >= 11 is 0. The number of ether oxygens (including phenoxy) is 2. The van der Waals surface area contributed by atoms with Crippen LogP contribution >= 0.6 is 0 Å². The number of hydrogen-bond donors (Lipinski definition) is 2. The van der Waals surface area contributed by atoms with E-state index in [0.29, 0.717) is 19.8 Å². The van der Waals surface area contributed by atoms with Crippen molar-refractivity contribution >= 4 is 0 Å². The molecule has 106 valence electrons. The van der Waals surface area contributed by atoms with Crippen LogP contribution in [0.3, 0.4) is 0 Å². The molecule has 3 rings (SSSR count). The van der Waals surface area contributed by atoms with Crippen LogP contribution in [0.5, 0.6) is 11.5 Å². The largest absolute Gasteiger partial charge is 0.490 e. The van der Waals surface area contributed by atoms with Crippen LogP contribution in [-0.4, -0.2) is 29.7 Å². The predicted octanol–water partition coefficient (Wildman–Crippen LogP) is 2.30. The lowest BCUT2D eigenvalue weighted by Gasteiger charge is -2.08.